The number of alkyl halides is 3. The minimum Gasteiger partial charge on any atom is -0.495 e. The smallest absolute Gasteiger partial charge is 0.446 e. The molecule has 0 radical (unpaired) electrons. The van der Waals surface area contributed by atoms with Crippen molar-refractivity contribution in [3.63, 3.8) is 0 Å². The molecule has 2 unspecified atom stereocenters. The van der Waals surface area contributed by atoms with E-state index in [0.29, 0.717) is 23.6 Å². The summed E-state index contributed by atoms with van der Waals surface area (Å²) in [4.78, 5) is 0.152. The van der Waals surface area contributed by atoms with Gasteiger partial charge in [0.15, 0.2) is 0 Å². The number of hydrogen-bond acceptors (Lipinski definition) is 3. The standard InChI is InChI=1S/C18H16ClF3O2S/c1-24-15-7-6-13-14(16(15)19)9-11(17(13)23)8-10-2-4-12(5-3-10)25-18(20,21)22/h2-7,11,17,23H,8-9H2,1H3. The third-order valence-electron chi connectivity index (χ3n) is 4.35. The Kier molecular flexibility index (Phi) is 5.23. The summed E-state index contributed by atoms with van der Waals surface area (Å²) in [7, 11) is 1.54. The first-order valence-electron chi connectivity index (χ1n) is 7.66. The number of methoxy groups -OCH3 is 1. The lowest BCUT2D eigenvalue weighted by molar-refractivity contribution is -0.0328. The van der Waals surface area contributed by atoms with Gasteiger partial charge in [0.25, 0.3) is 0 Å². The van der Waals surface area contributed by atoms with Gasteiger partial charge in [0.2, 0.25) is 0 Å². The van der Waals surface area contributed by atoms with E-state index in [1.807, 2.05) is 6.07 Å². The summed E-state index contributed by atoms with van der Waals surface area (Å²) in [6.07, 6.45) is 0.513. The minimum absolute atomic E-state index is 0.0688. The second-order valence-corrected chi connectivity index (χ2v) is 7.47. The Hall–Kier alpha value is -1.37. The van der Waals surface area contributed by atoms with Crippen molar-refractivity contribution in [2.75, 3.05) is 7.11 Å². The molecule has 1 aliphatic rings. The summed E-state index contributed by atoms with van der Waals surface area (Å²) >= 11 is 6.19. The maximum Gasteiger partial charge on any atom is 0.446 e. The highest BCUT2D eigenvalue weighted by Gasteiger charge is 2.33. The predicted molar refractivity (Wildman–Crippen MR) is 92.2 cm³/mol. The Labute approximate surface area is 153 Å². The maximum atomic E-state index is 12.4. The molecule has 0 bridgehead atoms. The first-order chi connectivity index (χ1) is 11.8. The van der Waals surface area contributed by atoms with Gasteiger partial charge in [-0.25, -0.2) is 0 Å². The van der Waals surface area contributed by atoms with Crippen LogP contribution in [0.4, 0.5) is 13.2 Å². The van der Waals surface area contributed by atoms with Crippen LogP contribution in [0.1, 0.15) is 22.8 Å². The molecular weight excluding hydrogens is 373 g/mol. The number of thioether (sulfide) groups is 1. The molecule has 2 nitrogen and oxygen atoms in total. The van der Waals surface area contributed by atoms with Crippen molar-refractivity contribution in [2.45, 2.75) is 29.3 Å². The fourth-order valence-corrected chi connectivity index (χ4v) is 4.06. The van der Waals surface area contributed by atoms with Crippen LogP contribution in [0.3, 0.4) is 0 Å². The topological polar surface area (TPSA) is 29.5 Å². The normalized spacial score (nSPS) is 19.8. The van der Waals surface area contributed by atoms with Crippen molar-refractivity contribution in [1.82, 2.24) is 0 Å². The molecule has 0 aromatic heterocycles. The van der Waals surface area contributed by atoms with E-state index < -0.39 is 11.6 Å². The van der Waals surface area contributed by atoms with Crippen LogP contribution in [-0.4, -0.2) is 17.7 Å². The Morgan fingerprint density at radius 3 is 2.48 bits per heavy atom. The summed E-state index contributed by atoms with van der Waals surface area (Å²) in [5.41, 5.74) is -1.74. The molecule has 134 valence electrons. The molecule has 0 spiro atoms. The number of fused-ring (bicyclic) bond motifs is 1. The summed E-state index contributed by atoms with van der Waals surface area (Å²) in [5, 5.41) is 11.1. The van der Waals surface area contributed by atoms with Crippen molar-refractivity contribution in [2.24, 2.45) is 5.92 Å². The van der Waals surface area contributed by atoms with Crippen LogP contribution in [0.15, 0.2) is 41.3 Å². The van der Waals surface area contributed by atoms with E-state index in [-0.39, 0.29) is 22.6 Å². The monoisotopic (exact) mass is 388 g/mol. The van der Waals surface area contributed by atoms with E-state index in [0.717, 1.165) is 16.7 Å². The molecule has 2 aromatic carbocycles. The largest absolute Gasteiger partial charge is 0.495 e. The molecule has 25 heavy (non-hydrogen) atoms. The highest BCUT2D eigenvalue weighted by atomic mass is 35.5. The van der Waals surface area contributed by atoms with Crippen LogP contribution in [0, 0.1) is 5.92 Å². The number of hydrogen-bond donors (Lipinski definition) is 1. The Balaban J connectivity index is 1.73. The predicted octanol–water partition coefficient (Wildman–Crippen LogP) is 5.41. The van der Waals surface area contributed by atoms with Gasteiger partial charge in [-0.15, -0.1) is 0 Å². The lowest BCUT2D eigenvalue weighted by Crippen LogP contribution is -2.10. The lowest BCUT2D eigenvalue weighted by atomic mass is 9.95. The zero-order chi connectivity index (χ0) is 18.2. The number of rotatable bonds is 4. The van der Waals surface area contributed by atoms with Crippen LogP contribution in [-0.2, 0) is 12.8 Å². The van der Waals surface area contributed by atoms with Gasteiger partial charge in [0.1, 0.15) is 5.75 Å². The van der Waals surface area contributed by atoms with Crippen molar-refractivity contribution in [1.29, 1.82) is 0 Å². The quantitative estimate of drug-likeness (QED) is 0.710. The number of benzene rings is 2. The summed E-state index contributed by atoms with van der Waals surface area (Å²) in [6.45, 7) is 0. The molecule has 7 heteroatoms. The van der Waals surface area contributed by atoms with Gasteiger partial charge in [0.05, 0.1) is 18.2 Å². The Morgan fingerprint density at radius 2 is 1.88 bits per heavy atom. The van der Waals surface area contributed by atoms with E-state index in [1.165, 1.54) is 19.2 Å². The van der Waals surface area contributed by atoms with Crippen LogP contribution in [0.5, 0.6) is 5.75 Å². The Morgan fingerprint density at radius 1 is 1.20 bits per heavy atom. The van der Waals surface area contributed by atoms with Gasteiger partial charge in [0, 0.05) is 4.90 Å². The summed E-state index contributed by atoms with van der Waals surface area (Å²) < 4.78 is 42.3. The van der Waals surface area contributed by atoms with E-state index >= 15 is 0 Å². The lowest BCUT2D eigenvalue weighted by Gasteiger charge is -2.15. The first-order valence-corrected chi connectivity index (χ1v) is 8.86. The highest BCUT2D eigenvalue weighted by Crippen LogP contribution is 2.44. The maximum absolute atomic E-state index is 12.4. The van der Waals surface area contributed by atoms with Gasteiger partial charge in [-0.3, -0.25) is 0 Å². The third-order valence-corrected chi connectivity index (χ3v) is 5.50. The summed E-state index contributed by atoms with van der Waals surface area (Å²) in [5.74, 6) is 0.502. The zero-order valence-electron chi connectivity index (χ0n) is 13.3. The van der Waals surface area contributed by atoms with Crippen molar-refractivity contribution in [3.05, 3.63) is 58.1 Å². The molecule has 2 atom stereocenters. The number of halogens is 4. The van der Waals surface area contributed by atoms with Crippen molar-refractivity contribution < 1.29 is 23.0 Å². The van der Waals surface area contributed by atoms with E-state index in [2.05, 4.69) is 0 Å². The van der Waals surface area contributed by atoms with Crippen LogP contribution < -0.4 is 4.74 Å². The second-order valence-electron chi connectivity index (χ2n) is 5.95. The van der Waals surface area contributed by atoms with E-state index in [4.69, 9.17) is 16.3 Å². The molecule has 0 heterocycles. The Bertz CT molecular complexity index is 762. The molecule has 0 saturated heterocycles. The van der Waals surface area contributed by atoms with Crippen molar-refractivity contribution in [3.8, 4) is 5.75 Å². The number of aliphatic hydroxyl groups is 1. The SMILES string of the molecule is COc1ccc2c(c1Cl)CC(Cc1ccc(SC(F)(F)F)cc1)C2O. The van der Waals surface area contributed by atoms with Gasteiger partial charge < -0.3 is 9.84 Å². The zero-order valence-corrected chi connectivity index (χ0v) is 14.9. The number of aliphatic hydroxyl groups excluding tert-OH is 1. The molecule has 0 saturated carbocycles. The second kappa shape index (κ2) is 7.09. The molecule has 2 aromatic rings. The molecule has 0 aliphatic heterocycles. The van der Waals surface area contributed by atoms with E-state index in [1.54, 1.807) is 18.2 Å². The highest BCUT2D eigenvalue weighted by molar-refractivity contribution is 8.00. The molecule has 0 amide bonds. The average molecular weight is 389 g/mol. The molecule has 1 N–H and O–H groups in total. The fraction of sp³-hybridized carbons (Fsp3) is 0.333. The summed E-state index contributed by atoms with van der Waals surface area (Å²) in [6, 6.07) is 9.80. The minimum atomic E-state index is -4.29. The van der Waals surface area contributed by atoms with E-state index in [9.17, 15) is 18.3 Å². The van der Waals surface area contributed by atoms with Crippen molar-refractivity contribution >= 4 is 23.4 Å². The van der Waals surface area contributed by atoms with Gasteiger partial charge in [-0.2, -0.15) is 13.2 Å². The average Bonchev–Trinajstić information content (AvgIpc) is 2.86. The molecule has 0 fully saturated rings. The molecule has 3 rings (SSSR count). The van der Waals surface area contributed by atoms with Gasteiger partial charge in [-0.05, 0) is 65.4 Å². The molecule has 1 aliphatic carbocycles. The third kappa shape index (κ3) is 4.07. The van der Waals surface area contributed by atoms with Gasteiger partial charge in [-0.1, -0.05) is 29.8 Å². The van der Waals surface area contributed by atoms with Gasteiger partial charge >= 0.3 is 5.51 Å². The first kappa shape index (κ1) is 18.4. The molecular formula is C18H16ClF3O2S. The van der Waals surface area contributed by atoms with Crippen LogP contribution >= 0.6 is 23.4 Å². The fourth-order valence-electron chi connectivity index (χ4n) is 3.20. The number of ether oxygens (including phenoxy) is 1. The van der Waals surface area contributed by atoms with Crippen LogP contribution in [0.2, 0.25) is 5.02 Å². The van der Waals surface area contributed by atoms with Crippen LogP contribution in [0.25, 0.3) is 0 Å².